The summed E-state index contributed by atoms with van der Waals surface area (Å²) in [4.78, 5) is 2.21. The summed E-state index contributed by atoms with van der Waals surface area (Å²) in [6.07, 6.45) is 1.73. The van der Waals surface area contributed by atoms with E-state index in [-0.39, 0.29) is 6.04 Å². The molecule has 1 N–H and O–H groups in total. The van der Waals surface area contributed by atoms with E-state index in [9.17, 15) is 0 Å². The Kier molecular flexibility index (Phi) is 5.42. The van der Waals surface area contributed by atoms with Gasteiger partial charge in [-0.2, -0.15) is 0 Å². The summed E-state index contributed by atoms with van der Waals surface area (Å²) >= 11 is 0. The maximum Gasteiger partial charge on any atom is 0.120 e. The molecule has 114 valence electrons. The van der Waals surface area contributed by atoms with Gasteiger partial charge in [0.2, 0.25) is 0 Å². The third kappa shape index (κ3) is 4.09. The van der Waals surface area contributed by atoms with Gasteiger partial charge in [-0.15, -0.1) is 0 Å². The number of benzene rings is 1. The van der Waals surface area contributed by atoms with Crippen molar-refractivity contribution in [3.05, 3.63) is 53.5 Å². The molecule has 0 aliphatic carbocycles. The smallest absolute Gasteiger partial charge is 0.120 e. The first-order valence-corrected chi connectivity index (χ1v) is 7.16. The van der Waals surface area contributed by atoms with Gasteiger partial charge in [0.15, 0.2) is 0 Å². The normalized spacial score (nSPS) is 12.6. The predicted molar refractivity (Wildman–Crippen MR) is 84.6 cm³/mol. The number of likely N-dealkylation sites (N-methyl/N-ethyl adjacent to an activating group) is 1. The van der Waals surface area contributed by atoms with Crippen LogP contribution in [0.15, 0.2) is 41.0 Å². The monoisotopic (exact) mass is 288 g/mol. The Morgan fingerprint density at radius 1 is 1.29 bits per heavy atom. The molecule has 1 aromatic heterocycles. The quantitative estimate of drug-likeness (QED) is 0.850. The fourth-order valence-corrected chi connectivity index (χ4v) is 2.35. The summed E-state index contributed by atoms with van der Waals surface area (Å²) < 4.78 is 10.8. The van der Waals surface area contributed by atoms with Gasteiger partial charge in [0.1, 0.15) is 11.5 Å². The molecule has 4 nitrogen and oxygen atoms in total. The first kappa shape index (κ1) is 15.6. The number of nitrogens with zero attached hydrogens (tertiary/aromatic N) is 1. The van der Waals surface area contributed by atoms with Crippen molar-refractivity contribution in [3.63, 3.8) is 0 Å². The van der Waals surface area contributed by atoms with E-state index >= 15 is 0 Å². The van der Waals surface area contributed by atoms with E-state index in [1.54, 1.807) is 13.4 Å². The number of hydrogen-bond donors (Lipinski definition) is 1. The molecule has 0 saturated heterocycles. The Morgan fingerprint density at radius 3 is 2.71 bits per heavy atom. The Bertz CT molecular complexity index is 563. The molecule has 0 saturated carbocycles. The van der Waals surface area contributed by atoms with Crippen molar-refractivity contribution >= 4 is 0 Å². The molecule has 1 unspecified atom stereocenters. The largest absolute Gasteiger partial charge is 0.497 e. The Morgan fingerprint density at radius 2 is 2.10 bits per heavy atom. The van der Waals surface area contributed by atoms with Gasteiger partial charge in [-0.3, -0.25) is 0 Å². The molecule has 0 fully saturated rings. The third-order valence-corrected chi connectivity index (χ3v) is 3.69. The maximum absolute atomic E-state index is 5.45. The average molecular weight is 288 g/mol. The van der Waals surface area contributed by atoms with Gasteiger partial charge in [0.05, 0.1) is 19.9 Å². The van der Waals surface area contributed by atoms with Gasteiger partial charge in [-0.1, -0.05) is 12.1 Å². The number of methoxy groups -OCH3 is 1. The molecule has 0 spiro atoms. The lowest BCUT2D eigenvalue weighted by atomic mass is 10.1. The number of rotatable bonds is 7. The maximum atomic E-state index is 5.45. The van der Waals surface area contributed by atoms with E-state index < -0.39 is 0 Å². The second kappa shape index (κ2) is 7.29. The lowest BCUT2D eigenvalue weighted by molar-refractivity contribution is 0.284. The van der Waals surface area contributed by atoms with Crippen molar-refractivity contribution < 1.29 is 9.15 Å². The molecule has 0 aliphatic heterocycles. The lowest BCUT2D eigenvalue weighted by Gasteiger charge is -2.25. The van der Waals surface area contributed by atoms with E-state index in [2.05, 4.69) is 43.4 Å². The molecule has 2 aromatic rings. The average Bonchev–Trinajstić information content (AvgIpc) is 2.88. The molecule has 4 heteroatoms. The Balaban J connectivity index is 2.00. The summed E-state index contributed by atoms with van der Waals surface area (Å²) in [6.45, 7) is 3.65. The minimum absolute atomic E-state index is 0.287. The van der Waals surface area contributed by atoms with Crippen LogP contribution < -0.4 is 10.1 Å². The summed E-state index contributed by atoms with van der Waals surface area (Å²) in [7, 11) is 5.87. The molecular formula is C17H24N2O2. The lowest BCUT2D eigenvalue weighted by Crippen LogP contribution is -2.30. The van der Waals surface area contributed by atoms with Gasteiger partial charge >= 0.3 is 0 Å². The first-order valence-electron chi connectivity index (χ1n) is 7.16. The highest BCUT2D eigenvalue weighted by Gasteiger charge is 2.14. The van der Waals surface area contributed by atoms with Gasteiger partial charge in [0, 0.05) is 12.6 Å². The van der Waals surface area contributed by atoms with Crippen molar-refractivity contribution in [2.45, 2.75) is 19.5 Å². The predicted octanol–water partition coefficient (Wildman–Crippen LogP) is 2.99. The van der Waals surface area contributed by atoms with Crippen LogP contribution >= 0.6 is 0 Å². The zero-order chi connectivity index (χ0) is 15.2. The fourth-order valence-electron chi connectivity index (χ4n) is 2.35. The molecule has 1 atom stereocenters. The van der Waals surface area contributed by atoms with Gasteiger partial charge in [-0.25, -0.2) is 0 Å². The molecule has 0 amide bonds. The summed E-state index contributed by atoms with van der Waals surface area (Å²) in [5, 5.41) is 3.47. The number of aryl methyl sites for hydroxylation is 1. The number of furan rings is 1. The van der Waals surface area contributed by atoms with Crippen LogP contribution in [0.25, 0.3) is 0 Å². The second-order valence-corrected chi connectivity index (χ2v) is 5.41. The standard InChI is InChI=1S/C17H24N2O2/c1-13-8-9-21-17(13)12-18-11-16(19(2)3)14-6-5-7-15(10-14)20-4/h5-10,16,18H,11-12H2,1-4H3. The molecular weight excluding hydrogens is 264 g/mol. The van der Waals surface area contributed by atoms with Crippen LogP contribution in [0.1, 0.15) is 22.9 Å². The van der Waals surface area contributed by atoms with E-state index in [4.69, 9.17) is 9.15 Å². The second-order valence-electron chi connectivity index (χ2n) is 5.41. The van der Waals surface area contributed by atoms with Crippen LogP contribution in [0.3, 0.4) is 0 Å². The minimum atomic E-state index is 0.287. The number of ether oxygens (including phenoxy) is 1. The molecule has 0 bridgehead atoms. The van der Waals surface area contributed by atoms with Crippen LogP contribution in [0.2, 0.25) is 0 Å². The van der Waals surface area contributed by atoms with Gasteiger partial charge < -0.3 is 19.4 Å². The summed E-state index contributed by atoms with van der Waals surface area (Å²) in [5.41, 5.74) is 2.42. The van der Waals surface area contributed by atoms with Crippen molar-refractivity contribution in [3.8, 4) is 5.75 Å². The van der Waals surface area contributed by atoms with Crippen LogP contribution in [-0.2, 0) is 6.54 Å². The molecule has 1 heterocycles. The Labute approximate surface area is 126 Å². The van der Waals surface area contributed by atoms with Gasteiger partial charge in [0.25, 0.3) is 0 Å². The molecule has 0 radical (unpaired) electrons. The summed E-state index contributed by atoms with van der Waals surface area (Å²) in [5.74, 6) is 1.89. The molecule has 0 aliphatic rings. The molecule has 21 heavy (non-hydrogen) atoms. The number of nitrogens with one attached hydrogen (secondary N) is 1. The van der Waals surface area contributed by atoms with Crippen LogP contribution in [-0.4, -0.2) is 32.6 Å². The van der Waals surface area contributed by atoms with Gasteiger partial charge in [-0.05, 0) is 50.3 Å². The van der Waals surface area contributed by atoms with Crippen LogP contribution in [0.4, 0.5) is 0 Å². The fraction of sp³-hybridized carbons (Fsp3) is 0.412. The van der Waals surface area contributed by atoms with Crippen LogP contribution in [0, 0.1) is 6.92 Å². The zero-order valence-corrected chi connectivity index (χ0v) is 13.2. The van der Waals surface area contributed by atoms with Crippen molar-refractivity contribution in [2.75, 3.05) is 27.7 Å². The first-order chi connectivity index (χ1) is 10.1. The van der Waals surface area contributed by atoms with E-state index in [1.807, 2.05) is 18.2 Å². The number of hydrogen-bond acceptors (Lipinski definition) is 4. The van der Waals surface area contributed by atoms with E-state index in [0.717, 1.165) is 24.6 Å². The topological polar surface area (TPSA) is 37.6 Å². The van der Waals surface area contributed by atoms with E-state index in [0.29, 0.717) is 0 Å². The zero-order valence-electron chi connectivity index (χ0n) is 13.2. The summed E-state index contributed by atoms with van der Waals surface area (Å²) in [6, 6.07) is 10.5. The van der Waals surface area contributed by atoms with Crippen molar-refractivity contribution in [1.29, 1.82) is 0 Å². The SMILES string of the molecule is COc1cccc(C(CNCc2occc2C)N(C)C)c1. The van der Waals surface area contributed by atoms with Crippen molar-refractivity contribution in [2.24, 2.45) is 0 Å². The third-order valence-electron chi connectivity index (χ3n) is 3.69. The minimum Gasteiger partial charge on any atom is -0.497 e. The molecule has 1 aromatic carbocycles. The Hall–Kier alpha value is -1.78. The highest BCUT2D eigenvalue weighted by molar-refractivity contribution is 5.30. The van der Waals surface area contributed by atoms with E-state index in [1.165, 1.54) is 11.1 Å². The van der Waals surface area contributed by atoms with Crippen LogP contribution in [0.5, 0.6) is 5.75 Å². The highest BCUT2D eigenvalue weighted by atomic mass is 16.5. The van der Waals surface area contributed by atoms with Crippen molar-refractivity contribution in [1.82, 2.24) is 10.2 Å². The molecule has 2 rings (SSSR count). The highest BCUT2D eigenvalue weighted by Crippen LogP contribution is 2.22.